The molecule has 4 atom stereocenters. The number of hydrogen-bond acceptors (Lipinski definition) is 6. The second-order valence-corrected chi connectivity index (χ2v) is 7.92. The number of benzene rings is 1. The predicted molar refractivity (Wildman–Crippen MR) is 100 cm³/mol. The topological polar surface area (TPSA) is 94.6 Å². The van der Waals surface area contributed by atoms with E-state index in [0.717, 1.165) is 25.2 Å². The fourth-order valence-corrected chi connectivity index (χ4v) is 4.44. The molecule has 0 aliphatic carbocycles. The van der Waals surface area contributed by atoms with E-state index in [9.17, 15) is 9.90 Å². The Kier molecular flexibility index (Phi) is 5.12. The van der Waals surface area contributed by atoms with Gasteiger partial charge in [0, 0.05) is 50.8 Å². The molecule has 3 heterocycles. The SMILES string of the molecule is C[C@@H]1CN(C[C@H]2CN(C(=O)c3ccc4n[nH]nc4c3)C[C@H]2CO)C[C@H](C)O1. The van der Waals surface area contributed by atoms with Crippen molar-refractivity contribution in [1.82, 2.24) is 25.2 Å². The van der Waals surface area contributed by atoms with Crippen LogP contribution in [-0.4, -0.2) is 87.8 Å². The largest absolute Gasteiger partial charge is 0.396 e. The summed E-state index contributed by atoms with van der Waals surface area (Å²) < 4.78 is 5.81. The van der Waals surface area contributed by atoms with Crippen LogP contribution in [-0.2, 0) is 4.74 Å². The maximum atomic E-state index is 13.0. The Labute approximate surface area is 158 Å². The molecule has 2 aliphatic rings. The molecular formula is C19H27N5O3. The monoisotopic (exact) mass is 373 g/mol. The Morgan fingerprint density at radius 1 is 1.15 bits per heavy atom. The summed E-state index contributed by atoms with van der Waals surface area (Å²) in [6.45, 7) is 8.23. The van der Waals surface area contributed by atoms with E-state index < -0.39 is 0 Å². The number of fused-ring (bicyclic) bond motifs is 1. The van der Waals surface area contributed by atoms with Gasteiger partial charge in [-0.1, -0.05) is 0 Å². The van der Waals surface area contributed by atoms with Crippen LogP contribution in [0.3, 0.4) is 0 Å². The number of carbonyl (C=O) groups is 1. The third kappa shape index (κ3) is 3.83. The second kappa shape index (κ2) is 7.53. The molecule has 2 aromatic rings. The highest BCUT2D eigenvalue weighted by atomic mass is 16.5. The zero-order chi connectivity index (χ0) is 19.0. The third-order valence-corrected chi connectivity index (χ3v) is 5.65. The number of hydrogen-bond donors (Lipinski definition) is 2. The van der Waals surface area contributed by atoms with Gasteiger partial charge in [0.1, 0.15) is 11.0 Å². The summed E-state index contributed by atoms with van der Waals surface area (Å²) in [5.41, 5.74) is 2.04. The smallest absolute Gasteiger partial charge is 0.253 e. The van der Waals surface area contributed by atoms with Crippen molar-refractivity contribution in [2.75, 3.05) is 39.3 Å². The van der Waals surface area contributed by atoms with Crippen molar-refractivity contribution >= 4 is 16.9 Å². The maximum absolute atomic E-state index is 13.0. The average molecular weight is 373 g/mol. The van der Waals surface area contributed by atoms with Gasteiger partial charge < -0.3 is 14.7 Å². The minimum absolute atomic E-state index is 0.00966. The van der Waals surface area contributed by atoms with Gasteiger partial charge in [-0.15, -0.1) is 0 Å². The zero-order valence-electron chi connectivity index (χ0n) is 15.8. The van der Waals surface area contributed by atoms with Crippen LogP contribution in [0.5, 0.6) is 0 Å². The van der Waals surface area contributed by atoms with Gasteiger partial charge in [0.25, 0.3) is 5.91 Å². The number of nitrogens with one attached hydrogen (secondary N) is 1. The number of ether oxygens (including phenoxy) is 1. The highest BCUT2D eigenvalue weighted by Gasteiger charge is 2.37. The van der Waals surface area contributed by atoms with Gasteiger partial charge >= 0.3 is 0 Å². The average Bonchev–Trinajstić information content (AvgIpc) is 3.26. The molecule has 0 unspecified atom stereocenters. The minimum Gasteiger partial charge on any atom is -0.396 e. The first-order valence-electron chi connectivity index (χ1n) is 9.62. The van der Waals surface area contributed by atoms with Crippen LogP contribution in [0.25, 0.3) is 11.0 Å². The molecule has 2 saturated heterocycles. The molecule has 2 aliphatic heterocycles. The van der Waals surface area contributed by atoms with Crippen LogP contribution in [0.2, 0.25) is 0 Å². The van der Waals surface area contributed by atoms with E-state index in [-0.39, 0.29) is 36.6 Å². The molecule has 1 aromatic heterocycles. The molecule has 0 saturated carbocycles. The summed E-state index contributed by atoms with van der Waals surface area (Å²) in [4.78, 5) is 17.2. The van der Waals surface area contributed by atoms with Gasteiger partial charge in [-0.2, -0.15) is 15.4 Å². The second-order valence-electron chi connectivity index (χ2n) is 7.92. The van der Waals surface area contributed by atoms with E-state index in [1.54, 1.807) is 18.2 Å². The van der Waals surface area contributed by atoms with E-state index in [4.69, 9.17) is 4.74 Å². The van der Waals surface area contributed by atoms with Gasteiger partial charge in [0.05, 0.1) is 12.2 Å². The van der Waals surface area contributed by atoms with Crippen LogP contribution in [0.4, 0.5) is 0 Å². The highest BCUT2D eigenvalue weighted by molar-refractivity contribution is 5.97. The van der Waals surface area contributed by atoms with Crippen molar-refractivity contribution in [2.24, 2.45) is 11.8 Å². The Morgan fingerprint density at radius 2 is 1.85 bits per heavy atom. The molecule has 1 aromatic carbocycles. The summed E-state index contributed by atoms with van der Waals surface area (Å²) >= 11 is 0. The number of amides is 1. The number of carbonyl (C=O) groups excluding carboxylic acids is 1. The minimum atomic E-state index is -0.00966. The first kappa shape index (κ1) is 18.3. The van der Waals surface area contributed by atoms with E-state index in [2.05, 4.69) is 34.2 Å². The van der Waals surface area contributed by atoms with Crippen molar-refractivity contribution in [2.45, 2.75) is 26.1 Å². The number of aromatic amines is 1. The number of nitrogens with zero attached hydrogens (tertiary/aromatic N) is 4. The number of rotatable bonds is 4. The maximum Gasteiger partial charge on any atom is 0.253 e. The molecule has 0 radical (unpaired) electrons. The molecule has 2 fully saturated rings. The quantitative estimate of drug-likeness (QED) is 0.821. The summed E-state index contributed by atoms with van der Waals surface area (Å²) in [6, 6.07) is 5.37. The Hall–Kier alpha value is -2.03. The number of aliphatic hydroxyl groups is 1. The van der Waals surface area contributed by atoms with Gasteiger partial charge in [-0.05, 0) is 38.0 Å². The lowest BCUT2D eigenvalue weighted by Crippen LogP contribution is -2.48. The predicted octanol–water partition coefficient (Wildman–Crippen LogP) is 0.748. The standard InChI is InChI=1S/C19H27N5O3/c1-12-6-23(7-13(2)27-12)8-15-9-24(10-16(15)11-25)19(26)14-3-4-17-18(5-14)21-22-20-17/h3-5,12-13,15-16,25H,6-11H2,1-2H3,(H,20,21,22)/t12-,13+,15-,16-/m0/s1. The molecule has 0 spiro atoms. The normalized spacial score (nSPS) is 29.5. The van der Waals surface area contributed by atoms with Gasteiger partial charge in [-0.25, -0.2) is 0 Å². The van der Waals surface area contributed by atoms with E-state index in [1.807, 2.05) is 4.90 Å². The van der Waals surface area contributed by atoms with E-state index in [0.29, 0.717) is 24.2 Å². The summed E-state index contributed by atoms with van der Waals surface area (Å²) in [5, 5.41) is 20.5. The zero-order valence-corrected chi connectivity index (χ0v) is 15.8. The molecule has 4 rings (SSSR count). The number of aliphatic hydroxyl groups excluding tert-OH is 1. The Morgan fingerprint density at radius 3 is 2.59 bits per heavy atom. The van der Waals surface area contributed by atoms with Gasteiger partial charge in [0.15, 0.2) is 0 Å². The van der Waals surface area contributed by atoms with Gasteiger partial charge in [0.2, 0.25) is 0 Å². The number of morpholine rings is 1. The third-order valence-electron chi connectivity index (χ3n) is 5.65. The van der Waals surface area contributed by atoms with E-state index in [1.165, 1.54) is 0 Å². The lowest BCUT2D eigenvalue weighted by atomic mass is 9.96. The van der Waals surface area contributed by atoms with Crippen LogP contribution < -0.4 is 0 Å². The first-order valence-corrected chi connectivity index (χ1v) is 9.62. The molecular weight excluding hydrogens is 346 g/mol. The van der Waals surface area contributed by atoms with Crippen molar-refractivity contribution in [1.29, 1.82) is 0 Å². The number of likely N-dealkylation sites (tertiary alicyclic amines) is 1. The fourth-order valence-electron chi connectivity index (χ4n) is 4.44. The molecule has 8 heteroatoms. The number of H-pyrrole nitrogens is 1. The van der Waals surface area contributed by atoms with Crippen LogP contribution in [0, 0.1) is 11.8 Å². The van der Waals surface area contributed by atoms with Crippen LogP contribution >= 0.6 is 0 Å². The molecule has 146 valence electrons. The van der Waals surface area contributed by atoms with Crippen molar-refractivity contribution in [3.8, 4) is 0 Å². The van der Waals surface area contributed by atoms with Crippen molar-refractivity contribution in [3.63, 3.8) is 0 Å². The molecule has 0 bridgehead atoms. The molecule has 27 heavy (non-hydrogen) atoms. The van der Waals surface area contributed by atoms with Crippen LogP contribution in [0.15, 0.2) is 18.2 Å². The summed E-state index contributed by atoms with van der Waals surface area (Å²) in [6.07, 6.45) is 0.435. The first-order chi connectivity index (χ1) is 13.0. The Bertz CT molecular complexity index is 799. The highest BCUT2D eigenvalue weighted by Crippen LogP contribution is 2.27. The Balaban J connectivity index is 1.44. The number of aromatic nitrogens is 3. The lowest BCUT2D eigenvalue weighted by Gasteiger charge is -2.37. The molecule has 8 nitrogen and oxygen atoms in total. The van der Waals surface area contributed by atoms with Gasteiger partial charge in [-0.3, -0.25) is 9.69 Å². The summed E-state index contributed by atoms with van der Waals surface area (Å²) in [5.74, 6) is 0.370. The van der Waals surface area contributed by atoms with Crippen molar-refractivity contribution in [3.05, 3.63) is 23.8 Å². The van der Waals surface area contributed by atoms with E-state index >= 15 is 0 Å². The summed E-state index contributed by atoms with van der Waals surface area (Å²) in [7, 11) is 0. The van der Waals surface area contributed by atoms with Crippen molar-refractivity contribution < 1.29 is 14.6 Å². The fraction of sp³-hybridized carbons (Fsp3) is 0.632. The lowest BCUT2D eigenvalue weighted by molar-refractivity contribution is -0.0726. The molecule has 2 N–H and O–H groups in total. The molecule has 1 amide bonds. The van der Waals surface area contributed by atoms with Crippen LogP contribution in [0.1, 0.15) is 24.2 Å².